The Morgan fingerprint density at radius 3 is 2.58 bits per heavy atom. The van der Waals surface area contributed by atoms with Gasteiger partial charge in [-0.3, -0.25) is 4.68 Å². The Morgan fingerprint density at radius 2 is 2.05 bits per heavy atom. The van der Waals surface area contributed by atoms with Gasteiger partial charge in [0.1, 0.15) is 5.82 Å². The maximum atomic E-state index is 13.8. The van der Waals surface area contributed by atoms with Gasteiger partial charge in [0.15, 0.2) is 5.82 Å². The number of nitrogens with two attached hydrogens (primary N) is 1. The van der Waals surface area contributed by atoms with Crippen molar-refractivity contribution in [3.63, 3.8) is 0 Å². The van der Waals surface area contributed by atoms with Gasteiger partial charge in [-0.2, -0.15) is 5.10 Å². The number of halogens is 1. The Hall–Kier alpha value is -2.04. The maximum absolute atomic E-state index is 13.8. The van der Waals surface area contributed by atoms with Crippen LogP contribution in [0.2, 0.25) is 0 Å². The van der Waals surface area contributed by atoms with Crippen molar-refractivity contribution in [2.24, 2.45) is 7.05 Å². The van der Waals surface area contributed by atoms with E-state index in [1.165, 1.54) is 6.07 Å². The number of benzene rings is 1. The van der Waals surface area contributed by atoms with Crippen LogP contribution in [0.3, 0.4) is 0 Å². The summed E-state index contributed by atoms with van der Waals surface area (Å²) in [5.41, 5.74) is 8.73. The maximum Gasteiger partial charge on any atom is 0.152 e. The average Bonchev–Trinajstić information content (AvgIpc) is 2.60. The molecule has 4 nitrogen and oxygen atoms in total. The van der Waals surface area contributed by atoms with Crippen LogP contribution in [-0.2, 0) is 7.05 Å². The number of aryl methyl sites for hydroxylation is 2. The van der Waals surface area contributed by atoms with Gasteiger partial charge in [-0.1, -0.05) is 19.9 Å². The van der Waals surface area contributed by atoms with Gasteiger partial charge in [0.2, 0.25) is 0 Å². The van der Waals surface area contributed by atoms with E-state index < -0.39 is 0 Å². The molecular formula is C14H19FN4. The van der Waals surface area contributed by atoms with E-state index in [9.17, 15) is 4.39 Å². The SMILES string of the molecule is Cc1ccc(Nc2c(N)c(C(C)C)nn2C)c(F)c1. The second-order valence-electron chi connectivity index (χ2n) is 5.03. The van der Waals surface area contributed by atoms with E-state index in [1.807, 2.05) is 26.8 Å². The standard InChI is InChI=1S/C14H19FN4/c1-8(2)13-12(16)14(19(4)18-13)17-11-6-5-9(3)7-10(11)15/h5-8,17H,16H2,1-4H3. The summed E-state index contributed by atoms with van der Waals surface area (Å²) in [6, 6.07) is 5.03. The lowest BCUT2D eigenvalue weighted by Crippen LogP contribution is -2.02. The van der Waals surface area contributed by atoms with E-state index in [2.05, 4.69) is 10.4 Å². The van der Waals surface area contributed by atoms with E-state index in [0.29, 0.717) is 17.2 Å². The predicted octanol–water partition coefficient (Wildman–Crippen LogP) is 3.32. The molecule has 3 N–H and O–H groups in total. The summed E-state index contributed by atoms with van der Waals surface area (Å²) < 4.78 is 15.5. The van der Waals surface area contributed by atoms with Crippen LogP contribution in [0.15, 0.2) is 18.2 Å². The van der Waals surface area contributed by atoms with E-state index in [-0.39, 0.29) is 11.7 Å². The zero-order chi connectivity index (χ0) is 14.2. The normalized spacial score (nSPS) is 11.1. The number of rotatable bonds is 3. The van der Waals surface area contributed by atoms with Gasteiger partial charge in [0, 0.05) is 7.05 Å². The molecular weight excluding hydrogens is 243 g/mol. The van der Waals surface area contributed by atoms with E-state index in [1.54, 1.807) is 17.8 Å². The molecule has 2 rings (SSSR count). The van der Waals surface area contributed by atoms with Crippen molar-refractivity contribution in [1.29, 1.82) is 0 Å². The summed E-state index contributed by atoms with van der Waals surface area (Å²) in [6.07, 6.45) is 0. The highest BCUT2D eigenvalue weighted by Gasteiger charge is 2.16. The molecule has 0 aliphatic carbocycles. The quantitative estimate of drug-likeness (QED) is 0.892. The second kappa shape index (κ2) is 4.91. The molecule has 1 aromatic carbocycles. The molecule has 0 aliphatic heterocycles. The van der Waals surface area contributed by atoms with Crippen molar-refractivity contribution >= 4 is 17.2 Å². The Balaban J connectivity index is 2.38. The molecule has 0 bridgehead atoms. The Morgan fingerprint density at radius 1 is 1.37 bits per heavy atom. The molecule has 0 fully saturated rings. The smallest absolute Gasteiger partial charge is 0.152 e. The van der Waals surface area contributed by atoms with Gasteiger partial charge < -0.3 is 11.1 Å². The fraction of sp³-hybridized carbons (Fsp3) is 0.357. The Kier molecular flexibility index (Phi) is 3.46. The van der Waals surface area contributed by atoms with Crippen molar-refractivity contribution in [3.8, 4) is 0 Å². The molecule has 2 aromatic rings. The van der Waals surface area contributed by atoms with Crippen LogP contribution in [0.4, 0.5) is 21.6 Å². The molecule has 0 saturated carbocycles. The lowest BCUT2D eigenvalue weighted by molar-refractivity contribution is 0.630. The molecule has 102 valence electrons. The van der Waals surface area contributed by atoms with Gasteiger partial charge in [0.05, 0.1) is 17.1 Å². The predicted molar refractivity (Wildman–Crippen MR) is 76.1 cm³/mol. The van der Waals surface area contributed by atoms with Crippen LogP contribution in [-0.4, -0.2) is 9.78 Å². The van der Waals surface area contributed by atoms with Gasteiger partial charge in [0.25, 0.3) is 0 Å². The first-order valence-corrected chi connectivity index (χ1v) is 6.25. The number of nitrogens with one attached hydrogen (secondary N) is 1. The highest BCUT2D eigenvalue weighted by atomic mass is 19.1. The highest BCUT2D eigenvalue weighted by Crippen LogP contribution is 2.30. The molecule has 0 atom stereocenters. The summed E-state index contributed by atoms with van der Waals surface area (Å²) in [5, 5.41) is 7.37. The molecule has 0 spiro atoms. The summed E-state index contributed by atoms with van der Waals surface area (Å²) >= 11 is 0. The van der Waals surface area contributed by atoms with Crippen LogP contribution < -0.4 is 11.1 Å². The molecule has 0 radical (unpaired) electrons. The largest absolute Gasteiger partial charge is 0.394 e. The van der Waals surface area contributed by atoms with Crippen molar-refractivity contribution in [1.82, 2.24) is 9.78 Å². The third kappa shape index (κ3) is 2.54. The van der Waals surface area contributed by atoms with Crippen LogP contribution in [0.25, 0.3) is 0 Å². The number of nitrogens with zero attached hydrogens (tertiary/aromatic N) is 2. The van der Waals surface area contributed by atoms with E-state index >= 15 is 0 Å². The fourth-order valence-corrected chi connectivity index (χ4v) is 1.98. The van der Waals surface area contributed by atoms with E-state index in [4.69, 9.17) is 5.73 Å². The minimum Gasteiger partial charge on any atom is -0.394 e. The van der Waals surface area contributed by atoms with Crippen molar-refractivity contribution < 1.29 is 4.39 Å². The average molecular weight is 262 g/mol. The summed E-state index contributed by atoms with van der Waals surface area (Å²) in [7, 11) is 1.79. The third-order valence-corrected chi connectivity index (χ3v) is 3.04. The van der Waals surface area contributed by atoms with Crippen molar-refractivity contribution in [2.75, 3.05) is 11.1 Å². The second-order valence-corrected chi connectivity index (χ2v) is 5.03. The lowest BCUT2D eigenvalue weighted by atomic mass is 10.1. The first kappa shape index (κ1) is 13.4. The van der Waals surface area contributed by atoms with Gasteiger partial charge in [-0.05, 0) is 30.5 Å². The summed E-state index contributed by atoms with van der Waals surface area (Å²) in [6.45, 7) is 5.89. The summed E-state index contributed by atoms with van der Waals surface area (Å²) in [5.74, 6) is 0.544. The number of hydrogen-bond donors (Lipinski definition) is 2. The van der Waals surface area contributed by atoms with Gasteiger partial charge in [-0.15, -0.1) is 0 Å². The van der Waals surface area contributed by atoms with Crippen molar-refractivity contribution in [2.45, 2.75) is 26.7 Å². The zero-order valence-corrected chi connectivity index (χ0v) is 11.7. The minimum atomic E-state index is -0.299. The number of nitrogen functional groups attached to an aromatic ring is 1. The molecule has 19 heavy (non-hydrogen) atoms. The molecule has 0 unspecified atom stereocenters. The van der Waals surface area contributed by atoms with Gasteiger partial charge >= 0.3 is 0 Å². The number of hydrogen-bond acceptors (Lipinski definition) is 3. The molecule has 5 heteroatoms. The molecule has 1 heterocycles. The zero-order valence-electron chi connectivity index (χ0n) is 11.7. The van der Waals surface area contributed by atoms with Crippen LogP contribution in [0.5, 0.6) is 0 Å². The summed E-state index contributed by atoms with van der Waals surface area (Å²) in [4.78, 5) is 0. The van der Waals surface area contributed by atoms with Crippen LogP contribution >= 0.6 is 0 Å². The molecule has 0 saturated heterocycles. The molecule has 0 aliphatic rings. The van der Waals surface area contributed by atoms with Crippen LogP contribution in [0, 0.1) is 12.7 Å². The number of anilines is 3. The fourth-order valence-electron chi connectivity index (χ4n) is 1.98. The van der Waals surface area contributed by atoms with Crippen molar-refractivity contribution in [3.05, 3.63) is 35.3 Å². The highest BCUT2D eigenvalue weighted by molar-refractivity contribution is 5.72. The molecule has 0 amide bonds. The minimum absolute atomic E-state index is 0.226. The molecule has 1 aromatic heterocycles. The first-order chi connectivity index (χ1) is 8.90. The lowest BCUT2D eigenvalue weighted by Gasteiger charge is -2.09. The van der Waals surface area contributed by atoms with Crippen LogP contribution in [0.1, 0.15) is 31.0 Å². The Bertz CT molecular complexity index is 602. The monoisotopic (exact) mass is 262 g/mol. The third-order valence-electron chi connectivity index (χ3n) is 3.04. The van der Waals surface area contributed by atoms with Gasteiger partial charge in [-0.25, -0.2) is 4.39 Å². The number of aromatic nitrogens is 2. The first-order valence-electron chi connectivity index (χ1n) is 6.25. The Labute approximate surface area is 112 Å². The van der Waals surface area contributed by atoms with E-state index in [0.717, 1.165) is 11.3 Å². The topological polar surface area (TPSA) is 55.9 Å².